The SMILES string of the molecule is [3H]C1CC(OC)C(CNC(=O)CCCCC(=O)NCCCCCC(=O)NC)O1. The van der Waals surface area contributed by atoms with Gasteiger partial charge in [0, 0.05) is 53.1 Å². The lowest BCUT2D eigenvalue weighted by molar-refractivity contribution is -0.123. The molecule has 1 fully saturated rings. The highest BCUT2D eigenvalue weighted by molar-refractivity contribution is 5.77. The summed E-state index contributed by atoms with van der Waals surface area (Å²) in [6.07, 6.45) is 5.26. The Morgan fingerprint density at radius 2 is 1.63 bits per heavy atom. The summed E-state index contributed by atoms with van der Waals surface area (Å²) in [5.74, 6) is -0.0400. The molecule has 0 spiro atoms. The van der Waals surface area contributed by atoms with Crippen LogP contribution in [-0.4, -0.2) is 63.8 Å². The normalized spacial score (nSPS) is 22.1. The van der Waals surface area contributed by atoms with Gasteiger partial charge >= 0.3 is 0 Å². The van der Waals surface area contributed by atoms with Crippen molar-refractivity contribution < 1.29 is 25.2 Å². The molecular weight excluding hydrogens is 350 g/mol. The van der Waals surface area contributed by atoms with E-state index in [2.05, 4.69) is 16.0 Å². The molecule has 0 aliphatic carbocycles. The van der Waals surface area contributed by atoms with Crippen LogP contribution in [0.3, 0.4) is 0 Å². The van der Waals surface area contributed by atoms with Gasteiger partial charge in [0.05, 0.1) is 7.47 Å². The molecule has 8 nitrogen and oxygen atoms in total. The topological polar surface area (TPSA) is 106 Å². The summed E-state index contributed by atoms with van der Waals surface area (Å²) >= 11 is 0. The summed E-state index contributed by atoms with van der Waals surface area (Å²) in [5.41, 5.74) is 0. The first-order chi connectivity index (χ1) is 13.5. The predicted octanol–water partition coefficient (Wildman–Crippen LogP) is 0.890. The van der Waals surface area contributed by atoms with Crippen molar-refractivity contribution >= 4 is 17.7 Å². The van der Waals surface area contributed by atoms with E-state index in [4.69, 9.17) is 10.8 Å². The van der Waals surface area contributed by atoms with Gasteiger partial charge in [0.15, 0.2) is 0 Å². The first-order valence-corrected chi connectivity index (χ1v) is 9.80. The molecule has 3 atom stereocenters. The summed E-state index contributed by atoms with van der Waals surface area (Å²) in [5, 5.41) is 8.25. The van der Waals surface area contributed by atoms with Crippen LogP contribution in [0.4, 0.5) is 0 Å². The number of rotatable bonds is 14. The second-order valence-electron chi connectivity index (χ2n) is 6.70. The van der Waals surface area contributed by atoms with Gasteiger partial charge < -0.3 is 25.4 Å². The van der Waals surface area contributed by atoms with Crippen LogP contribution >= 0.6 is 0 Å². The van der Waals surface area contributed by atoms with Gasteiger partial charge in [-0.1, -0.05) is 6.42 Å². The lowest BCUT2D eigenvalue weighted by atomic mass is 10.1. The van der Waals surface area contributed by atoms with Crippen molar-refractivity contribution in [2.45, 2.75) is 70.0 Å². The number of carbonyl (C=O) groups is 3. The molecule has 3 N–H and O–H groups in total. The molecule has 0 radical (unpaired) electrons. The number of hydrogen-bond acceptors (Lipinski definition) is 5. The van der Waals surface area contributed by atoms with Gasteiger partial charge in [0.1, 0.15) is 6.10 Å². The molecule has 156 valence electrons. The number of methoxy groups -OCH3 is 1. The third kappa shape index (κ3) is 10.9. The maximum absolute atomic E-state index is 11.9. The fraction of sp³-hybridized carbons (Fsp3) is 0.842. The molecule has 0 bridgehead atoms. The molecule has 0 aromatic carbocycles. The van der Waals surface area contributed by atoms with Gasteiger partial charge in [-0.15, -0.1) is 0 Å². The van der Waals surface area contributed by atoms with E-state index in [0.29, 0.717) is 51.6 Å². The van der Waals surface area contributed by atoms with Gasteiger partial charge in [-0.2, -0.15) is 0 Å². The van der Waals surface area contributed by atoms with E-state index in [1.165, 1.54) is 0 Å². The van der Waals surface area contributed by atoms with Crippen LogP contribution in [0.5, 0.6) is 0 Å². The van der Waals surface area contributed by atoms with Crippen molar-refractivity contribution in [2.24, 2.45) is 0 Å². The van der Waals surface area contributed by atoms with E-state index >= 15 is 0 Å². The molecule has 1 saturated heterocycles. The van der Waals surface area contributed by atoms with Crippen LogP contribution in [0.15, 0.2) is 0 Å². The molecule has 1 aliphatic rings. The number of unbranched alkanes of at least 4 members (excludes halogenated alkanes) is 3. The lowest BCUT2D eigenvalue weighted by Gasteiger charge is -2.17. The van der Waals surface area contributed by atoms with Crippen molar-refractivity contribution in [1.29, 1.82) is 0 Å². The highest BCUT2D eigenvalue weighted by Gasteiger charge is 2.28. The molecule has 0 aromatic heterocycles. The fourth-order valence-electron chi connectivity index (χ4n) is 2.84. The van der Waals surface area contributed by atoms with Crippen LogP contribution in [0.25, 0.3) is 0 Å². The summed E-state index contributed by atoms with van der Waals surface area (Å²) in [6, 6.07) is 0. The van der Waals surface area contributed by atoms with Crippen LogP contribution < -0.4 is 16.0 Å². The minimum Gasteiger partial charge on any atom is -0.379 e. The van der Waals surface area contributed by atoms with Crippen molar-refractivity contribution in [3.05, 3.63) is 0 Å². The van der Waals surface area contributed by atoms with Crippen molar-refractivity contribution in [1.82, 2.24) is 16.0 Å². The van der Waals surface area contributed by atoms with Crippen molar-refractivity contribution in [3.8, 4) is 0 Å². The van der Waals surface area contributed by atoms with Gasteiger partial charge in [-0.05, 0) is 32.1 Å². The highest BCUT2D eigenvalue weighted by Crippen LogP contribution is 2.15. The minimum absolute atomic E-state index is 0.00418. The smallest absolute Gasteiger partial charge is 0.220 e. The Labute approximate surface area is 163 Å². The van der Waals surface area contributed by atoms with Gasteiger partial charge in [0.25, 0.3) is 0 Å². The lowest BCUT2D eigenvalue weighted by Crippen LogP contribution is -2.37. The van der Waals surface area contributed by atoms with Crippen LogP contribution in [0.2, 0.25) is 0 Å². The summed E-state index contributed by atoms with van der Waals surface area (Å²) in [6.45, 7) is 0.361. The first-order valence-electron chi connectivity index (χ1n) is 10.4. The van der Waals surface area contributed by atoms with E-state index in [1.807, 2.05) is 0 Å². The standard InChI is InChI=1S/C19H35N3O5/c1-20-17(23)8-4-3-7-12-21-18(24)9-5-6-10-19(25)22-14-16-15(26-2)11-13-27-16/h15-16H,3-14H2,1-2H3,(H,20,23)(H,21,24)(H,22,25)/i13T. The van der Waals surface area contributed by atoms with Gasteiger partial charge in [-0.25, -0.2) is 0 Å². The van der Waals surface area contributed by atoms with Crippen molar-refractivity contribution in [2.75, 3.05) is 33.8 Å². The second kappa shape index (κ2) is 14.4. The number of hydrogen-bond donors (Lipinski definition) is 3. The first kappa shape index (κ1) is 21.6. The molecule has 1 heterocycles. The molecule has 1 aliphatic heterocycles. The summed E-state index contributed by atoms with van der Waals surface area (Å²) in [4.78, 5) is 34.7. The fourth-order valence-corrected chi connectivity index (χ4v) is 2.84. The van der Waals surface area contributed by atoms with Gasteiger partial charge in [-0.3, -0.25) is 14.4 Å². The maximum Gasteiger partial charge on any atom is 0.220 e. The van der Waals surface area contributed by atoms with E-state index in [9.17, 15) is 14.4 Å². The Kier molecular flexibility index (Phi) is 11.5. The zero-order valence-corrected chi connectivity index (χ0v) is 16.6. The van der Waals surface area contributed by atoms with E-state index < -0.39 is 6.58 Å². The van der Waals surface area contributed by atoms with Crippen LogP contribution in [-0.2, 0) is 23.9 Å². The van der Waals surface area contributed by atoms with E-state index in [0.717, 1.165) is 19.3 Å². The van der Waals surface area contributed by atoms with E-state index in [1.54, 1.807) is 14.2 Å². The monoisotopic (exact) mass is 387 g/mol. The average Bonchev–Trinajstić information content (AvgIpc) is 3.05. The number of carbonyl (C=O) groups excluding carboxylic acids is 3. The van der Waals surface area contributed by atoms with Crippen molar-refractivity contribution in [3.63, 3.8) is 0 Å². The Bertz CT molecular complexity index is 492. The Morgan fingerprint density at radius 3 is 2.30 bits per heavy atom. The number of nitrogens with one attached hydrogen (secondary N) is 3. The maximum atomic E-state index is 11.9. The summed E-state index contributed by atoms with van der Waals surface area (Å²) < 4.78 is 18.3. The Hall–Kier alpha value is -1.67. The molecule has 0 aromatic rings. The third-order valence-electron chi connectivity index (χ3n) is 4.56. The largest absolute Gasteiger partial charge is 0.379 e. The molecule has 1 rings (SSSR count). The van der Waals surface area contributed by atoms with Crippen LogP contribution in [0, 0.1) is 0 Å². The number of amides is 3. The predicted molar refractivity (Wildman–Crippen MR) is 102 cm³/mol. The molecule has 0 saturated carbocycles. The van der Waals surface area contributed by atoms with E-state index in [-0.39, 0.29) is 29.9 Å². The van der Waals surface area contributed by atoms with Gasteiger partial charge in [0.2, 0.25) is 17.7 Å². The summed E-state index contributed by atoms with van der Waals surface area (Å²) in [7, 11) is 3.21. The zero-order chi connectivity index (χ0) is 20.8. The minimum atomic E-state index is -0.596. The average molecular weight is 388 g/mol. The molecule has 8 heteroatoms. The Balaban J connectivity index is 1.97. The third-order valence-corrected chi connectivity index (χ3v) is 4.56. The second-order valence-corrected chi connectivity index (χ2v) is 6.70. The highest BCUT2D eigenvalue weighted by atomic mass is 16.5. The number of ether oxygens (including phenoxy) is 2. The molecular formula is C19H35N3O5. The van der Waals surface area contributed by atoms with Crippen LogP contribution in [0.1, 0.15) is 59.2 Å². The molecule has 3 amide bonds. The molecule has 27 heavy (non-hydrogen) atoms. The molecule has 3 unspecified atom stereocenters. The zero-order valence-electron chi connectivity index (χ0n) is 17.6. The quantitative estimate of drug-likeness (QED) is 0.384. The Morgan fingerprint density at radius 1 is 1.00 bits per heavy atom.